The van der Waals surface area contributed by atoms with Gasteiger partial charge in [0.25, 0.3) is 0 Å². The van der Waals surface area contributed by atoms with Crippen molar-refractivity contribution in [2.75, 3.05) is 42.6 Å². The molecule has 4 rings (SSSR count). The van der Waals surface area contributed by atoms with Crippen LogP contribution in [0.3, 0.4) is 0 Å². The van der Waals surface area contributed by atoms with E-state index < -0.39 is 11.9 Å². The van der Waals surface area contributed by atoms with Gasteiger partial charge in [0.2, 0.25) is 0 Å². The lowest BCUT2D eigenvalue weighted by Crippen LogP contribution is -2.47. The molecule has 1 saturated heterocycles. The summed E-state index contributed by atoms with van der Waals surface area (Å²) in [5, 5.41) is 9.85. The van der Waals surface area contributed by atoms with Crippen molar-refractivity contribution in [3.8, 4) is 6.07 Å². The van der Waals surface area contributed by atoms with E-state index in [9.17, 15) is 14.4 Å². The number of anilines is 2. The highest BCUT2D eigenvalue weighted by molar-refractivity contribution is 5.85. The van der Waals surface area contributed by atoms with Crippen molar-refractivity contribution in [1.29, 1.82) is 5.26 Å². The minimum Gasteiger partial charge on any atom is -0.464 e. The quantitative estimate of drug-likeness (QED) is 0.530. The lowest BCUT2D eigenvalue weighted by atomic mass is 10.1. The molecule has 2 heterocycles. The van der Waals surface area contributed by atoms with Gasteiger partial charge in [-0.2, -0.15) is 5.26 Å². The fraction of sp³-hybridized carbons (Fsp3) is 0.360. The molecule has 0 bridgehead atoms. The Balaban J connectivity index is 1.63. The highest BCUT2D eigenvalue weighted by atomic mass is 19.1. The zero-order chi connectivity index (χ0) is 23.4. The summed E-state index contributed by atoms with van der Waals surface area (Å²) >= 11 is 0. The molecule has 8 heteroatoms. The summed E-state index contributed by atoms with van der Waals surface area (Å²) in [6.45, 7) is 6.74. The van der Waals surface area contributed by atoms with Crippen molar-refractivity contribution in [2.45, 2.75) is 19.8 Å². The van der Waals surface area contributed by atoms with Crippen LogP contribution in [0.5, 0.6) is 0 Å². The molecule has 33 heavy (non-hydrogen) atoms. The number of hydrogen-bond donors (Lipinski definition) is 0. The Morgan fingerprint density at radius 1 is 1.03 bits per heavy atom. The number of nitriles is 1. The molecule has 2 aromatic carbocycles. The van der Waals surface area contributed by atoms with Gasteiger partial charge >= 0.3 is 5.97 Å². The predicted octanol–water partition coefficient (Wildman–Crippen LogP) is 3.90. The average molecular weight is 448 g/mol. The predicted molar refractivity (Wildman–Crippen MR) is 125 cm³/mol. The van der Waals surface area contributed by atoms with Gasteiger partial charge in [0.1, 0.15) is 11.5 Å². The highest BCUT2D eigenvalue weighted by Gasteiger charge is 2.31. The Morgan fingerprint density at radius 3 is 2.24 bits per heavy atom. The minimum absolute atomic E-state index is 0.162. The molecule has 1 unspecified atom stereocenters. The summed E-state index contributed by atoms with van der Waals surface area (Å²) in [7, 11) is 0. The first-order chi connectivity index (χ1) is 16.0. The van der Waals surface area contributed by atoms with Crippen LogP contribution in [0.4, 0.5) is 15.9 Å². The molecule has 0 radical (unpaired) electrons. The topological polar surface area (TPSA) is 82.3 Å². The van der Waals surface area contributed by atoms with Gasteiger partial charge < -0.3 is 14.5 Å². The molecule has 7 nitrogen and oxygen atoms in total. The van der Waals surface area contributed by atoms with Gasteiger partial charge in [-0.05, 0) is 42.3 Å². The molecule has 1 aromatic heterocycles. The number of halogens is 1. The fourth-order valence-electron chi connectivity index (χ4n) is 3.82. The van der Waals surface area contributed by atoms with E-state index in [0.29, 0.717) is 48.7 Å². The van der Waals surface area contributed by atoms with Gasteiger partial charge in [-0.25, -0.2) is 14.4 Å². The van der Waals surface area contributed by atoms with Crippen LogP contribution in [0.15, 0.2) is 48.5 Å². The van der Waals surface area contributed by atoms with Gasteiger partial charge in [0.15, 0.2) is 11.7 Å². The van der Waals surface area contributed by atoms with E-state index in [1.54, 1.807) is 12.1 Å². The highest BCUT2D eigenvalue weighted by Crippen LogP contribution is 2.29. The molecule has 0 saturated carbocycles. The Labute approximate surface area is 192 Å². The second-order valence-electron chi connectivity index (χ2n) is 8.46. The second kappa shape index (κ2) is 9.82. The summed E-state index contributed by atoms with van der Waals surface area (Å²) in [4.78, 5) is 26.4. The van der Waals surface area contributed by atoms with Gasteiger partial charge in [0.05, 0.1) is 23.7 Å². The molecule has 0 amide bonds. The fourth-order valence-corrected chi connectivity index (χ4v) is 3.82. The third-order valence-corrected chi connectivity index (χ3v) is 5.55. The maximum atomic E-state index is 13.3. The third-order valence-electron chi connectivity index (χ3n) is 5.55. The molecule has 1 fully saturated rings. The van der Waals surface area contributed by atoms with Crippen LogP contribution in [0.2, 0.25) is 0 Å². The first kappa shape index (κ1) is 22.5. The van der Waals surface area contributed by atoms with Crippen molar-refractivity contribution in [2.24, 2.45) is 5.92 Å². The number of carbonyl (C=O) groups is 1. The Morgan fingerprint density at radius 2 is 1.64 bits per heavy atom. The van der Waals surface area contributed by atoms with Crippen LogP contribution < -0.4 is 9.80 Å². The van der Waals surface area contributed by atoms with Gasteiger partial charge in [-0.3, -0.25) is 4.79 Å². The number of benzene rings is 2. The molecule has 170 valence electrons. The molecule has 1 aliphatic rings. The maximum absolute atomic E-state index is 13.3. The first-order valence-electron chi connectivity index (χ1n) is 11.0. The number of fused-ring (bicyclic) bond motifs is 1. The van der Waals surface area contributed by atoms with E-state index in [2.05, 4.69) is 20.9 Å². The Bertz CT molecular complexity index is 1170. The van der Waals surface area contributed by atoms with Crippen molar-refractivity contribution in [3.63, 3.8) is 0 Å². The number of aromatic nitrogens is 2. The summed E-state index contributed by atoms with van der Waals surface area (Å²) in [6.07, 6.45) is 0. The monoisotopic (exact) mass is 447 g/mol. The molecule has 3 aromatic rings. The van der Waals surface area contributed by atoms with Crippen LogP contribution in [-0.2, 0) is 9.53 Å². The lowest BCUT2D eigenvalue weighted by Gasteiger charge is -2.37. The Hall–Kier alpha value is -3.73. The van der Waals surface area contributed by atoms with Crippen LogP contribution >= 0.6 is 0 Å². The van der Waals surface area contributed by atoms with E-state index in [0.717, 1.165) is 5.69 Å². The summed E-state index contributed by atoms with van der Waals surface area (Å²) in [5.74, 6) is -1.34. The van der Waals surface area contributed by atoms with E-state index >= 15 is 0 Å². The smallest absolute Gasteiger partial charge is 0.329 e. The number of ether oxygens (including phenoxy) is 1. The lowest BCUT2D eigenvalue weighted by molar-refractivity contribution is -0.145. The minimum atomic E-state index is -1.16. The largest absolute Gasteiger partial charge is 0.464 e. The van der Waals surface area contributed by atoms with Crippen LogP contribution in [0, 0.1) is 23.1 Å². The number of rotatable bonds is 6. The molecular weight excluding hydrogens is 421 g/mol. The van der Waals surface area contributed by atoms with E-state index in [-0.39, 0.29) is 18.3 Å². The molecule has 0 N–H and O–H groups in total. The molecule has 0 spiro atoms. The number of nitrogens with zero attached hydrogens (tertiary/aromatic N) is 5. The van der Waals surface area contributed by atoms with Crippen LogP contribution in [-0.4, -0.2) is 48.7 Å². The summed E-state index contributed by atoms with van der Waals surface area (Å²) in [6, 6.07) is 15.9. The van der Waals surface area contributed by atoms with Gasteiger partial charge in [-0.1, -0.05) is 26.0 Å². The zero-order valence-corrected chi connectivity index (χ0v) is 18.7. The van der Waals surface area contributed by atoms with E-state index in [4.69, 9.17) is 9.72 Å². The number of hydrogen-bond acceptors (Lipinski definition) is 7. The van der Waals surface area contributed by atoms with Crippen molar-refractivity contribution in [3.05, 3.63) is 60.0 Å². The standard InChI is InChI=1S/C25H26FN5O2/c1-17(2)16-33-25(32)20(15-27)23-24(29-22-6-4-3-5-21(22)28-23)31-13-11-30(12-14-31)19-9-7-18(26)8-10-19/h3-10,17,20H,11-14,16H2,1-2H3. The van der Waals surface area contributed by atoms with Gasteiger partial charge in [0, 0.05) is 31.9 Å². The molecule has 1 aliphatic heterocycles. The normalized spacial score (nSPS) is 14.9. The third kappa shape index (κ3) is 5.03. The van der Waals surface area contributed by atoms with Crippen molar-refractivity contribution >= 4 is 28.5 Å². The number of piperazine rings is 1. The second-order valence-corrected chi connectivity index (χ2v) is 8.46. The Kier molecular flexibility index (Phi) is 6.68. The van der Waals surface area contributed by atoms with Crippen LogP contribution in [0.1, 0.15) is 25.5 Å². The van der Waals surface area contributed by atoms with Crippen LogP contribution in [0.25, 0.3) is 11.0 Å². The summed E-state index contributed by atoms with van der Waals surface area (Å²) < 4.78 is 18.6. The van der Waals surface area contributed by atoms with E-state index in [1.807, 2.05) is 38.1 Å². The molecule has 1 atom stereocenters. The number of carbonyl (C=O) groups excluding carboxylic acids is 1. The molecular formula is C25H26FN5O2. The number of para-hydroxylation sites is 2. The first-order valence-corrected chi connectivity index (χ1v) is 11.0. The number of esters is 1. The van der Waals surface area contributed by atoms with Crippen molar-refractivity contribution < 1.29 is 13.9 Å². The molecule has 0 aliphatic carbocycles. The van der Waals surface area contributed by atoms with Gasteiger partial charge in [-0.15, -0.1) is 0 Å². The van der Waals surface area contributed by atoms with Crippen molar-refractivity contribution in [1.82, 2.24) is 9.97 Å². The SMILES string of the molecule is CC(C)COC(=O)C(C#N)c1nc2ccccc2nc1N1CCN(c2ccc(F)cc2)CC1. The zero-order valence-electron chi connectivity index (χ0n) is 18.7. The van der Waals surface area contributed by atoms with E-state index in [1.165, 1.54) is 12.1 Å². The summed E-state index contributed by atoms with van der Waals surface area (Å²) in [5.41, 5.74) is 2.59. The average Bonchev–Trinajstić information content (AvgIpc) is 2.83. The maximum Gasteiger partial charge on any atom is 0.329 e.